The molecule has 1 aliphatic heterocycles. The lowest BCUT2D eigenvalue weighted by Gasteiger charge is -2.14. The summed E-state index contributed by atoms with van der Waals surface area (Å²) in [5, 5.41) is 32.4. The van der Waals surface area contributed by atoms with E-state index in [1.165, 1.54) is 4.68 Å². The average Bonchev–Trinajstić information content (AvgIpc) is 2.87. The molecule has 0 amide bonds. The zero-order valence-electron chi connectivity index (χ0n) is 8.67. The molecule has 94 valence electrons. The fourth-order valence-electron chi connectivity index (χ4n) is 1.61. The van der Waals surface area contributed by atoms with E-state index in [1.807, 2.05) is 0 Å². The van der Waals surface area contributed by atoms with Crippen molar-refractivity contribution >= 4 is 25.4 Å². The van der Waals surface area contributed by atoms with E-state index in [0.717, 1.165) is 0 Å². The van der Waals surface area contributed by atoms with Gasteiger partial charge in [-0.3, -0.25) is 0 Å². The van der Waals surface area contributed by atoms with Crippen molar-refractivity contribution in [3.63, 3.8) is 0 Å². The molecule has 1 aromatic rings. The van der Waals surface area contributed by atoms with E-state index in [1.54, 1.807) is 5.93 Å². The zero-order valence-corrected chi connectivity index (χ0v) is 10.4. The van der Waals surface area contributed by atoms with E-state index in [4.69, 9.17) is 27.8 Å². The molecule has 5 N–H and O–H groups in total. The molecule has 1 unspecified atom stereocenters. The number of aliphatic hydroxyl groups is 3. The lowest BCUT2D eigenvalue weighted by Crippen LogP contribution is -2.33. The number of thiocarbonyl (C=S) groups is 1. The molecule has 9 heteroatoms. The van der Waals surface area contributed by atoms with E-state index in [0.29, 0.717) is 13.6 Å². The van der Waals surface area contributed by atoms with Gasteiger partial charge in [0.15, 0.2) is 6.23 Å². The smallest absolute Gasteiger partial charge is 0.179 e. The molecule has 7 nitrogen and oxygen atoms in total. The van der Waals surface area contributed by atoms with Gasteiger partial charge in [0.25, 0.3) is 0 Å². The predicted octanol–water partition coefficient (Wildman–Crippen LogP) is -1.29. The van der Waals surface area contributed by atoms with Crippen molar-refractivity contribution in [2.75, 3.05) is 6.61 Å². The first kappa shape index (κ1) is 12.8. The lowest BCUT2D eigenvalue weighted by atomic mass is 10.1. The van der Waals surface area contributed by atoms with E-state index in [-0.39, 0.29) is 11.6 Å². The molecule has 0 saturated carbocycles. The van der Waals surface area contributed by atoms with Crippen molar-refractivity contribution in [3.8, 4) is 0 Å². The van der Waals surface area contributed by atoms with Crippen LogP contribution in [0.1, 0.15) is 11.7 Å². The largest absolute Gasteiger partial charge is 0.394 e. The van der Waals surface area contributed by atoms with Gasteiger partial charge in [-0.1, -0.05) is 12.2 Å². The summed E-state index contributed by atoms with van der Waals surface area (Å²) in [6.45, 7) is -0.369. The summed E-state index contributed by atoms with van der Waals surface area (Å²) in [6.07, 6.45) is -3.93. The Morgan fingerprint density at radius 1 is 1.59 bits per heavy atom. The molecule has 0 spiro atoms. The number of hydrogen-bond acceptors (Lipinski definition) is 6. The van der Waals surface area contributed by atoms with Gasteiger partial charge >= 0.3 is 0 Å². The summed E-state index contributed by atoms with van der Waals surface area (Å²) in [5.74, 6) is 1.63. The quantitative estimate of drug-likeness (QED) is 0.508. The summed E-state index contributed by atoms with van der Waals surface area (Å²) in [4.78, 5) is 0.178. The van der Waals surface area contributed by atoms with Crippen LogP contribution in [0.5, 0.6) is 0 Å². The number of nitrogens with zero attached hydrogens (tertiary/aromatic N) is 2. The van der Waals surface area contributed by atoms with E-state index in [9.17, 15) is 10.2 Å². The SMILES string of the molecule is NC(=S)c1nn(C2O[C@H](CO)[C@@H](O)[C@H]2O)cp1. The first-order chi connectivity index (χ1) is 8.04. The van der Waals surface area contributed by atoms with E-state index in [2.05, 4.69) is 5.10 Å². The van der Waals surface area contributed by atoms with E-state index >= 15 is 0 Å². The summed E-state index contributed by atoms with van der Waals surface area (Å²) >= 11 is 4.78. The monoisotopic (exact) mass is 277 g/mol. The summed E-state index contributed by atoms with van der Waals surface area (Å²) in [6, 6.07) is 0. The van der Waals surface area contributed by atoms with Gasteiger partial charge in [-0.15, -0.1) is 0 Å². The van der Waals surface area contributed by atoms with Gasteiger partial charge in [0.05, 0.1) is 12.5 Å². The number of nitrogens with two attached hydrogens (primary N) is 1. The van der Waals surface area contributed by atoms with Crippen molar-refractivity contribution in [3.05, 3.63) is 11.4 Å². The fourth-order valence-corrected chi connectivity index (χ4v) is 2.50. The van der Waals surface area contributed by atoms with E-state index < -0.39 is 24.5 Å². The maximum atomic E-state index is 9.76. The standard InChI is InChI=1S/C8H12N3O4PS/c9-6(17)7-10-11(2-16-7)8-5(14)4(13)3(1-12)15-8/h2-5,8,12-14H,1H2,(H2,9,17)/t3-,4-,5-,8?/m1/s1. The highest BCUT2D eigenvalue weighted by Gasteiger charge is 2.43. The molecule has 1 saturated heterocycles. The highest BCUT2D eigenvalue weighted by atomic mass is 32.1. The number of aliphatic hydroxyl groups excluding tert-OH is 3. The van der Waals surface area contributed by atoms with Crippen LogP contribution >= 0.6 is 20.4 Å². The number of rotatable bonds is 3. The first-order valence-corrected chi connectivity index (χ1v) is 6.25. The summed E-state index contributed by atoms with van der Waals surface area (Å²) in [7, 11) is 0.709. The first-order valence-electron chi connectivity index (χ1n) is 4.88. The Morgan fingerprint density at radius 3 is 2.76 bits per heavy atom. The minimum absolute atomic E-state index is 0.178. The molecule has 0 radical (unpaired) electrons. The maximum Gasteiger partial charge on any atom is 0.179 e. The number of ether oxygens (including phenoxy) is 1. The second-order valence-electron chi connectivity index (χ2n) is 3.64. The van der Waals surface area contributed by atoms with Gasteiger partial charge in [-0.2, -0.15) is 5.10 Å². The molecule has 1 fully saturated rings. The van der Waals surface area contributed by atoms with Crippen LogP contribution in [-0.4, -0.2) is 55.0 Å². The fraction of sp³-hybridized carbons (Fsp3) is 0.625. The summed E-state index contributed by atoms with van der Waals surface area (Å²) in [5.41, 5.74) is 5.93. The van der Waals surface area contributed by atoms with Crippen LogP contribution in [0.15, 0.2) is 5.93 Å². The van der Waals surface area contributed by atoms with Gasteiger partial charge in [-0.25, -0.2) is 4.68 Å². The van der Waals surface area contributed by atoms with Crippen LogP contribution in [-0.2, 0) is 4.74 Å². The molecule has 1 aliphatic rings. The second-order valence-corrected chi connectivity index (χ2v) is 4.99. The van der Waals surface area contributed by atoms with Gasteiger partial charge in [-0.05, 0) is 8.19 Å². The Morgan fingerprint density at radius 2 is 2.29 bits per heavy atom. The third-order valence-corrected chi connectivity index (χ3v) is 3.78. The molecular formula is C8H12N3O4PS. The molecule has 0 aliphatic carbocycles. The van der Waals surface area contributed by atoms with Crippen molar-refractivity contribution in [2.45, 2.75) is 24.5 Å². The Bertz CT molecular complexity index is 429. The summed E-state index contributed by atoms with van der Waals surface area (Å²) < 4.78 is 6.66. The Balaban J connectivity index is 2.19. The van der Waals surface area contributed by atoms with Crippen molar-refractivity contribution < 1.29 is 20.1 Å². The van der Waals surface area contributed by atoms with Gasteiger partial charge in [0, 0.05) is 0 Å². The topological polar surface area (TPSA) is 114 Å². The molecular weight excluding hydrogens is 265 g/mol. The molecule has 0 aromatic carbocycles. The van der Waals surface area contributed by atoms with Crippen molar-refractivity contribution in [1.29, 1.82) is 0 Å². The number of hydrogen-bond donors (Lipinski definition) is 4. The van der Waals surface area contributed by atoms with Crippen LogP contribution in [0.4, 0.5) is 0 Å². The average molecular weight is 277 g/mol. The van der Waals surface area contributed by atoms with Crippen LogP contribution in [0, 0.1) is 0 Å². The third-order valence-electron chi connectivity index (χ3n) is 2.51. The second kappa shape index (κ2) is 4.93. The van der Waals surface area contributed by atoms with Crippen LogP contribution < -0.4 is 5.73 Å². The maximum absolute atomic E-state index is 9.76. The highest BCUT2D eigenvalue weighted by molar-refractivity contribution is 7.81. The van der Waals surface area contributed by atoms with Crippen LogP contribution in [0.2, 0.25) is 0 Å². The Kier molecular flexibility index (Phi) is 3.72. The minimum Gasteiger partial charge on any atom is -0.394 e. The van der Waals surface area contributed by atoms with Gasteiger partial charge in [0.1, 0.15) is 28.7 Å². The molecule has 4 atom stereocenters. The molecule has 17 heavy (non-hydrogen) atoms. The van der Waals surface area contributed by atoms with Crippen molar-refractivity contribution in [2.24, 2.45) is 5.73 Å². The molecule has 2 rings (SSSR count). The van der Waals surface area contributed by atoms with Crippen LogP contribution in [0.3, 0.4) is 0 Å². The minimum atomic E-state index is -1.15. The Hall–Kier alpha value is -0.630. The number of aromatic nitrogens is 2. The molecule has 2 heterocycles. The highest BCUT2D eigenvalue weighted by Crippen LogP contribution is 2.30. The van der Waals surface area contributed by atoms with Gasteiger partial charge in [0.2, 0.25) is 0 Å². The van der Waals surface area contributed by atoms with Gasteiger partial charge < -0.3 is 25.8 Å². The zero-order chi connectivity index (χ0) is 12.6. The lowest BCUT2D eigenvalue weighted by molar-refractivity contribution is -0.0585. The predicted molar refractivity (Wildman–Crippen MR) is 63.6 cm³/mol. The third kappa shape index (κ3) is 2.33. The molecule has 0 bridgehead atoms. The van der Waals surface area contributed by atoms with Crippen molar-refractivity contribution in [1.82, 2.24) is 9.78 Å². The normalized spacial score (nSPS) is 33.4. The Labute approximate surface area is 104 Å². The van der Waals surface area contributed by atoms with Crippen LogP contribution in [0.25, 0.3) is 0 Å². The molecule has 1 aromatic heterocycles.